The van der Waals surface area contributed by atoms with Crippen molar-refractivity contribution in [2.75, 3.05) is 11.0 Å². The first-order valence-corrected chi connectivity index (χ1v) is 15.0. The standard InChI is InChI=1S/C28H27Cl2F3N4O5S/c1-27(2,11-12-36-17-34-23-14-21(29)22(30)15-24(23)36)35-16-25(38)18-7-6-8-19(13-18)37(42-26(39)28(31,32)33)43(40,41)20-9-4-3-5-10-20/h3-10,13-15,17,25,35,38H,11-12,16H2,1-2H3. The molecule has 0 aliphatic carbocycles. The summed E-state index contributed by atoms with van der Waals surface area (Å²) in [6.45, 7) is 4.40. The molecule has 2 N–H and O–H groups in total. The molecule has 0 saturated carbocycles. The van der Waals surface area contributed by atoms with Gasteiger partial charge in [-0.3, -0.25) is 0 Å². The number of β-amino-alcohol motifs (C(OH)–C–C–N with tert-alkyl or cyclic N) is 1. The van der Waals surface area contributed by atoms with Gasteiger partial charge in [-0.05, 0) is 62.2 Å². The van der Waals surface area contributed by atoms with Gasteiger partial charge in [0.05, 0.1) is 44.1 Å². The fourth-order valence-electron chi connectivity index (χ4n) is 4.11. The molecule has 0 amide bonds. The highest BCUT2D eigenvalue weighted by atomic mass is 35.5. The van der Waals surface area contributed by atoms with Crippen molar-refractivity contribution in [1.29, 1.82) is 0 Å². The molecule has 15 heteroatoms. The predicted molar refractivity (Wildman–Crippen MR) is 156 cm³/mol. The Kier molecular flexibility index (Phi) is 9.62. The van der Waals surface area contributed by atoms with Crippen LogP contribution >= 0.6 is 23.2 Å². The zero-order valence-corrected chi connectivity index (χ0v) is 25.2. The number of rotatable bonds is 11. The first-order chi connectivity index (χ1) is 20.1. The molecule has 0 spiro atoms. The average Bonchev–Trinajstić information content (AvgIpc) is 3.34. The van der Waals surface area contributed by atoms with Crippen LogP contribution in [0.15, 0.2) is 78.0 Å². The molecule has 4 rings (SSSR count). The molecule has 43 heavy (non-hydrogen) atoms. The summed E-state index contributed by atoms with van der Waals surface area (Å²) in [5.41, 5.74) is 0.756. The van der Waals surface area contributed by atoms with Gasteiger partial charge in [-0.15, -0.1) is 0 Å². The van der Waals surface area contributed by atoms with E-state index in [9.17, 15) is 31.5 Å². The molecule has 230 valence electrons. The van der Waals surface area contributed by atoms with Crippen LogP contribution in [0.3, 0.4) is 0 Å². The molecular formula is C28H27Cl2F3N4O5S. The van der Waals surface area contributed by atoms with Crippen molar-refractivity contribution in [1.82, 2.24) is 14.9 Å². The molecule has 0 bridgehead atoms. The minimum atomic E-state index is -5.46. The Labute approximate surface area is 255 Å². The number of benzene rings is 3. The molecule has 0 aliphatic rings. The summed E-state index contributed by atoms with van der Waals surface area (Å²) in [5.74, 6) is -2.72. The number of nitrogens with zero attached hydrogens (tertiary/aromatic N) is 3. The van der Waals surface area contributed by atoms with Gasteiger partial charge in [0.1, 0.15) is 0 Å². The number of alkyl halides is 3. The fraction of sp³-hybridized carbons (Fsp3) is 0.286. The molecule has 0 radical (unpaired) electrons. The van der Waals surface area contributed by atoms with Crippen LogP contribution in [0.1, 0.15) is 31.9 Å². The Morgan fingerprint density at radius 1 is 1.07 bits per heavy atom. The van der Waals surface area contributed by atoms with Crippen LogP contribution in [-0.4, -0.2) is 47.3 Å². The zero-order valence-electron chi connectivity index (χ0n) is 22.8. The maximum atomic E-state index is 13.2. The van der Waals surface area contributed by atoms with Gasteiger partial charge in [-0.1, -0.05) is 58.0 Å². The van der Waals surface area contributed by atoms with Crippen molar-refractivity contribution in [2.45, 2.75) is 49.5 Å². The minimum absolute atomic E-state index is 0.0103. The summed E-state index contributed by atoms with van der Waals surface area (Å²) >= 11 is 12.2. The second-order valence-electron chi connectivity index (χ2n) is 10.2. The molecule has 9 nitrogen and oxygen atoms in total. The lowest BCUT2D eigenvalue weighted by molar-refractivity contribution is -0.199. The third-order valence-electron chi connectivity index (χ3n) is 6.54. The number of aryl methyl sites for hydroxylation is 1. The normalized spacial score (nSPS) is 13.2. The van der Waals surface area contributed by atoms with Crippen LogP contribution in [-0.2, 0) is 26.2 Å². The SMILES string of the molecule is CC(C)(CCn1cnc2cc(Cl)c(Cl)cc21)NCC(O)c1cccc(N(OC(=O)C(F)(F)F)S(=O)(=O)c2ccccc2)c1. The molecule has 1 aromatic heterocycles. The molecule has 4 aromatic rings. The number of hydrogen-bond acceptors (Lipinski definition) is 7. The quantitative estimate of drug-likeness (QED) is 0.189. The summed E-state index contributed by atoms with van der Waals surface area (Å²) in [5, 5.41) is 15.0. The average molecular weight is 660 g/mol. The highest BCUT2D eigenvalue weighted by molar-refractivity contribution is 7.92. The van der Waals surface area contributed by atoms with Gasteiger partial charge in [0.25, 0.3) is 10.0 Å². The molecule has 0 aliphatic heterocycles. The smallest absolute Gasteiger partial charge is 0.387 e. The van der Waals surface area contributed by atoms with E-state index in [0.29, 0.717) is 28.5 Å². The maximum absolute atomic E-state index is 13.2. The number of hydrogen-bond donors (Lipinski definition) is 2. The van der Waals surface area contributed by atoms with Gasteiger partial charge in [0, 0.05) is 18.6 Å². The molecule has 3 aromatic carbocycles. The monoisotopic (exact) mass is 658 g/mol. The van der Waals surface area contributed by atoms with Crippen molar-refractivity contribution in [3.8, 4) is 0 Å². The van der Waals surface area contributed by atoms with E-state index >= 15 is 0 Å². The molecule has 0 saturated heterocycles. The molecular weight excluding hydrogens is 632 g/mol. The van der Waals surface area contributed by atoms with Gasteiger partial charge in [0.15, 0.2) is 0 Å². The Bertz CT molecular complexity index is 1720. The van der Waals surface area contributed by atoms with Gasteiger partial charge in [-0.2, -0.15) is 21.6 Å². The summed E-state index contributed by atoms with van der Waals surface area (Å²) in [7, 11) is -4.77. The molecule has 1 atom stereocenters. The molecule has 0 fully saturated rings. The van der Waals surface area contributed by atoms with E-state index in [4.69, 9.17) is 23.2 Å². The van der Waals surface area contributed by atoms with E-state index in [0.717, 1.165) is 29.8 Å². The van der Waals surface area contributed by atoms with Gasteiger partial charge in [0.2, 0.25) is 0 Å². The Balaban J connectivity index is 1.49. The number of aliphatic hydroxyl groups is 1. The Morgan fingerprint density at radius 3 is 2.42 bits per heavy atom. The lowest BCUT2D eigenvalue weighted by atomic mass is 9.99. The third kappa shape index (κ3) is 7.78. The maximum Gasteiger partial charge on any atom is 0.493 e. The van der Waals surface area contributed by atoms with Gasteiger partial charge < -0.3 is 19.8 Å². The number of imidazole rings is 1. The lowest BCUT2D eigenvalue weighted by Crippen LogP contribution is -2.42. The largest absolute Gasteiger partial charge is 0.493 e. The summed E-state index contributed by atoms with van der Waals surface area (Å²) in [4.78, 5) is 20.0. The number of nitrogens with one attached hydrogen (secondary N) is 1. The van der Waals surface area contributed by atoms with Crippen molar-refractivity contribution in [3.05, 3.63) is 88.7 Å². The number of carbonyl (C=O) groups is 1. The number of halogens is 5. The summed E-state index contributed by atoms with van der Waals surface area (Å²) in [6.07, 6.45) is -4.38. The first-order valence-electron chi connectivity index (χ1n) is 12.8. The minimum Gasteiger partial charge on any atom is -0.387 e. The van der Waals surface area contributed by atoms with Crippen LogP contribution in [0.2, 0.25) is 10.0 Å². The third-order valence-corrected chi connectivity index (χ3v) is 8.85. The fourth-order valence-corrected chi connectivity index (χ4v) is 5.68. The number of sulfonamides is 1. The van der Waals surface area contributed by atoms with Crippen LogP contribution < -0.4 is 9.79 Å². The Morgan fingerprint density at radius 2 is 1.74 bits per heavy atom. The van der Waals surface area contributed by atoms with Gasteiger partial charge >= 0.3 is 12.1 Å². The number of fused-ring (bicyclic) bond motifs is 1. The summed E-state index contributed by atoms with van der Waals surface area (Å²) < 4.78 is 67.4. The van der Waals surface area contributed by atoms with Crippen LogP contribution in [0.25, 0.3) is 11.0 Å². The highest BCUT2D eigenvalue weighted by Gasteiger charge is 2.45. The van der Waals surface area contributed by atoms with Crippen molar-refractivity contribution >= 4 is 55.9 Å². The number of anilines is 1. The summed E-state index contributed by atoms with van der Waals surface area (Å²) in [6, 6.07) is 15.0. The van der Waals surface area contributed by atoms with Crippen LogP contribution in [0, 0.1) is 0 Å². The first kappa shape index (κ1) is 32.6. The van der Waals surface area contributed by atoms with E-state index in [1.54, 1.807) is 18.5 Å². The van der Waals surface area contributed by atoms with Crippen LogP contribution in [0.5, 0.6) is 0 Å². The van der Waals surface area contributed by atoms with Crippen molar-refractivity contribution in [3.63, 3.8) is 0 Å². The van der Waals surface area contributed by atoms with Crippen molar-refractivity contribution < 1.29 is 36.3 Å². The van der Waals surface area contributed by atoms with Crippen molar-refractivity contribution in [2.24, 2.45) is 0 Å². The number of carbonyl (C=O) groups excluding carboxylic acids is 1. The highest BCUT2D eigenvalue weighted by Crippen LogP contribution is 2.30. The number of aliphatic hydroxyl groups excluding tert-OH is 1. The van der Waals surface area contributed by atoms with E-state index < -0.39 is 44.4 Å². The second kappa shape index (κ2) is 12.7. The second-order valence-corrected chi connectivity index (χ2v) is 12.8. The van der Waals surface area contributed by atoms with E-state index in [1.807, 2.05) is 18.4 Å². The van der Waals surface area contributed by atoms with E-state index in [1.165, 1.54) is 30.3 Å². The van der Waals surface area contributed by atoms with Crippen LogP contribution in [0.4, 0.5) is 18.9 Å². The van der Waals surface area contributed by atoms with Gasteiger partial charge in [-0.25, -0.2) is 9.78 Å². The topological polar surface area (TPSA) is 114 Å². The Hall–Kier alpha value is -3.36. The molecule has 1 heterocycles. The number of aromatic nitrogens is 2. The predicted octanol–water partition coefficient (Wildman–Crippen LogP) is 6.05. The van der Waals surface area contributed by atoms with E-state index in [2.05, 4.69) is 15.1 Å². The molecule has 1 unspecified atom stereocenters. The van der Waals surface area contributed by atoms with E-state index in [-0.39, 0.29) is 16.6 Å². The zero-order chi connectivity index (χ0) is 31.6. The lowest BCUT2D eigenvalue weighted by Gasteiger charge is -2.28.